The minimum atomic E-state index is 0.174. The molecule has 0 bridgehead atoms. The van der Waals surface area contributed by atoms with Crippen LogP contribution in [0.5, 0.6) is 0 Å². The van der Waals surface area contributed by atoms with Crippen molar-refractivity contribution in [2.24, 2.45) is 5.73 Å². The van der Waals surface area contributed by atoms with Crippen LogP contribution < -0.4 is 11.1 Å². The van der Waals surface area contributed by atoms with E-state index in [0.29, 0.717) is 13.0 Å². The Morgan fingerprint density at radius 3 is 2.05 bits per heavy atom. The fourth-order valence-corrected chi connectivity index (χ4v) is 2.74. The molecule has 3 N–H and O–H groups in total. The Morgan fingerprint density at radius 1 is 0.950 bits per heavy atom. The number of carbonyl (C=O) groups is 1. The molecule has 4 heteroatoms. The van der Waals surface area contributed by atoms with Gasteiger partial charge < -0.3 is 16.0 Å². The Hall–Kier alpha value is -0.610. The molecule has 20 heavy (non-hydrogen) atoms. The van der Waals surface area contributed by atoms with Crippen LogP contribution in [0.25, 0.3) is 0 Å². The van der Waals surface area contributed by atoms with E-state index in [9.17, 15) is 4.79 Å². The van der Waals surface area contributed by atoms with Gasteiger partial charge in [0.25, 0.3) is 0 Å². The molecule has 0 aromatic heterocycles. The molecule has 0 spiro atoms. The molecular weight excluding hydrogens is 250 g/mol. The molecule has 1 rings (SSSR count). The van der Waals surface area contributed by atoms with Crippen LogP contribution in [0.15, 0.2) is 0 Å². The van der Waals surface area contributed by atoms with Gasteiger partial charge in [-0.25, -0.2) is 0 Å². The van der Waals surface area contributed by atoms with Crippen molar-refractivity contribution in [2.45, 2.75) is 64.2 Å². The molecule has 4 nitrogen and oxygen atoms in total. The van der Waals surface area contributed by atoms with Gasteiger partial charge in [0.15, 0.2) is 0 Å². The second-order valence-electron chi connectivity index (χ2n) is 5.91. The van der Waals surface area contributed by atoms with E-state index < -0.39 is 0 Å². The van der Waals surface area contributed by atoms with Crippen LogP contribution in [0.3, 0.4) is 0 Å². The van der Waals surface area contributed by atoms with Gasteiger partial charge in [-0.05, 0) is 38.9 Å². The highest BCUT2D eigenvalue weighted by Crippen LogP contribution is 2.12. The number of rotatable bonds is 6. The number of carbonyl (C=O) groups excluding carboxylic acids is 1. The Kier molecular flexibility index (Phi) is 10.6. The molecule has 0 atom stereocenters. The van der Waals surface area contributed by atoms with E-state index in [1.54, 1.807) is 0 Å². The van der Waals surface area contributed by atoms with E-state index >= 15 is 0 Å². The topological polar surface area (TPSA) is 58.4 Å². The Labute approximate surface area is 124 Å². The summed E-state index contributed by atoms with van der Waals surface area (Å²) in [7, 11) is 0. The van der Waals surface area contributed by atoms with E-state index in [1.165, 1.54) is 51.4 Å². The predicted octanol–water partition coefficient (Wildman–Crippen LogP) is 2.28. The molecule has 118 valence electrons. The Bertz CT molecular complexity index is 234. The Balaban J connectivity index is 2.18. The maximum absolute atomic E-state index is 11.7. The third-order valence-electron chi connectivity index (χ3n) is 4.06. The average molecular weight is 283 g/mol. The van der Waals surface area contributed by atoms with Gasteiger partial charge in [-0.15, -0.1) is 0 Å². The summed E-state index contributed by atoms with van der Waals surface area (Å²) in [4.78, 5) is 14.2. The highest BCUT2D eigenvalue weighted by Gasteiger charge is 2.08. The predicted molar refractivity (Wildman–Crippen MR) is 84.7 cm³/mol. The second kappa shape index (κ2) is 12.2. The number of nitrogens with two attached hydrogens (primary N) is 1. The zero-order chi connectivity index (χ0) is 14.5. The van der Waals surface area contributed by atoms with E-state index in [2.05, 4.69) is 10.2 Å². The summed E-state index contributed by atoms with van der Waals surface area (Å²) in [5, 5.41) is 2.94. The summed E-state index contributed by atoms with van der Waals surface area (Å²) >= 11 is 0. The highest BCUT2D eigenvalue weighted by atomic mass is 16.1. The molecule has 1 saturated heterocycles. The quantitative estimate of drug-likeness (QED) is 0.735. The first-order valence-electron chi connectivity index (χ1n) is 8.52. The molecule has 1 aliphatic rings. The van der Waals surface area contributed by atoms with Crippen molar-refractivity contribution in [3.8, 4) is 0 Å². The minimum absolute atomic E-state index is 0.174. The monoisotopic (exact) mass is 283 g/mol. The Morgan fingerprint density at radius 2 is 1.50 bits per heavy atom. The van der Waals surface area contributed by atoms with Crippen molar-refractivity contribution in [1.82, 2.24) is 10.2 Å². The van der Waals surface area contributed by atoms with Crippen LogP contribution in [0.1, 0.15) is 64.2 Å². The first-order valence-corrected chi connectivity index (χ1v) is 8.52. The molecule has 0 unspecified atom stereocenters. The smallest absolute Gasteiger partial charge is 0.221 e. The van der Waals surface area contributed by atoms with Crippen LogP contribution in [0.4, 0.5) is 0 Å². The van der Waals surface area contributed by atoms with Crippen molar-refractivity contribution in [1.29, 1.82) is 0 Å². The standard InChI is InChI=1S/C16H33N3O/c17-11-9-12-18-16(20)10-15-19-13-7-5-3-1-2-4-6-8-14-19/h1-15,17H2,(H,18,20). The fraction of sp³-hybridized carbons (Fsp3) is 0.938. The van der Waals surface area contributed by atoms with Crippen molar-refractivity contribution < 1.29 is 4.79 Å². The summed E-state index contributed by atoms with van der Waals surface area (Å²) in [5.74, 6) is 0.174. The molecule has 1 heterocycles. The van der Waals surface area contributed by atoms with Gasteiger partial charge in [0.2, 0.25) is 5.91 Å². The first kappa shape index (κ1) is 17.4. The van der Waals surface area contributed by atoms with Crippen LogP contribution in [0.2, 0.25) is 0 Å². The molecule has 0 aliphatic carbocycles. The zero-order valence-electron chi connectivity index (χ0n) is 13.0. The number of nitrogens with one attached hydrogen (secondary N) is 1. The van der Waals surface area contributed by atoms with Crippen LogP contribution >= 0.6 is 0 Å². The van der Waals surface area contributed by atoms with Crippen LogP contribution in [-0.2, 0) is 4.79 Å². The molecule has 1 fully saturated rings. The van der Waals surface area contributed by atoms with Gasteiger partial charge in [-0.2, -0.15) is 0 Å². The summed E-state index contributed by atoms with van der Waals surface area (Å²) in [5.41, 5.74) is 5.42. The number of amides is 1. The number of hydrogen-bond donors (Lipinski definition) is 2. The van der Waals surface area contributed by atoms with Gasteiger partial charge in [0.05, 0.1) is 0 Å². The summed E-state index contributed by atoms with van der Waals surface area (Å²) < 4.78 is 0. The van der Waals surface area contributed by atoms with Crippen molar-refractivity contribution in [2.75, 3.05) is 32.7 Å². The normalized spacial score (nSPS) is 19.2. The minimum Gasteiger partial charge on any atom is -0.356 e. The van der Waals surface area contributed by atoms with Crippen LogP contribution in [0, 0.1) is 0 Å². The molecule has 0 saturated carbocycles. The summed E-state index contributed by atoms with van der Waals surface area (Å²) in [6.07, 6.45) is 12.3. The SMILES string of the molecule is NCCCNC(=O)CCN1CCCCCCCCCC1. The lowest BCUT2D eigenvalue weighted by Gasteiger charge is -2.21. The van der Waals surface area contributed by atoms with Gasteiger partial charge in [-0.3, -0.25) is 4.79 Å². The molecule has 1 aliphatic heterocycles. The van der Waals surface area contributed by atoms with E-state index in [0.717, 1.165) is 32.6 Å². The molecule has 0 aromatic rings. The fourth-order valence-electron chi connectivity index (χ4n) is 2.74. The lowest BCUT2D eigenvalue weighted by Crippen LogP contribution is -2.33. The second-order valence-corrected chi connectivity index (χ2v) is 5.91. The molecular formula is C16H33N3O. The number of hydrogen-bond acceptors (Lipinski definition) is 3. The van der Waals surface area contributed by atoms with Gasteiger partial charge in [-0.1, -0.05) is 38.5 Å². The van der Waals surface area contributed by atoms with Crippen molar-refractivity contribution >= 4 is 5.91 Å². The molecule has 1 amide bonds. The van der Waals surface area contributed by atoms with Gasteiger partial charge >= 0.3 is 0 Å². The van der Waals surface area contributed by atoms with Gasteiger partial charge in [0, 0.05) is 19.5 Å². The molecule has 0 radical (unpaired) electrons. The average Bonchev–Trinajstić information content (AvgIpc) is 2.51. The summed E-state index contributed by atoms with van der Waals surface area (Å²) in [6, 6.07) is 0. The third-order valence-corrected chi connectivity index (χ3v) is 4.06. The van der Waals surface area contributed by atoms with Crippen molar-refractivity contribution in [3.05, 3.63) is 0 Å². The first-order chi connectivity index (χ1) is 9.83. The van der Waals surface area contributed by atoms with E-state index in [1.807, 2.05) is 0 Å². The lowest BCUT2D eigenvalue weighted by atomic mass is 10.1. The van der Waals surface area contributed by atoms with E-state index in [-0.39, 0.29) is 5.91 Å². The number of nitrogens with zero attached hydrogens (tertiary/aromatic N) is 1. The zero-order valence-corrected chi connectivity index (χ0v) is 13.0. The van der Waals surface area contributed by atoms with Crippen molar-refractivity contribution in [3.63, 3.8) is 0 Å². The van der Waals surface area contributed by atoms with Crippen LogP contribution in [-0.4, -0.2) is 43.5 Å². The maximum atomic E-state index is 11.7. The third kappa shape index (κ3) is 9.32. The van der Waals surface area contributed by atoms with E-state index in [4.69, 9.17) is 5.73 Å². The molecule has 0 aromatic carbocycles. The van der Waals surface area contributed by atoms with Gasteiger partial charge in [0.1, 0.15) is 0 Å². The maximum Gasteiger partial charge on any atom is 0.221 e. The summed E-state index contributed by atoms with van der Waals surface area (Å²) in [6.45, 7) is 4.60. The lowest BCUT2D eigenvalue weighted by molar-refractivity contribution is -0.121. The highest BCUT2D eigenvalue weighted by molar-refractivity contribution is 5.75. The largest absolute Gasteiger partial charge is 0.356 e.